The normalized spacial score (nSPS) is 10.2. The van der Waals surface area contributed by atoms with Crippen LogP contribution >= 0.6 is 0 Å². The fourth-order valence-electron chi connectivity index (χ4n) is 1.63. The van der Waals surface area contributed by atoms with Gasteiger partial charge in [0.2, 0.25) is 5.91 Å². The second kappa shape index (κ2) is 5.34. The van der Waals surface area contributed by atoms with Gasteiger partial charge in [-0.2, -0.15) is 5.10 Å². The molecular formula is C13H14N4O2. The largest absolute Gasteiger partial charge is 0.382 e. The lowest BCUT2D eigenvalue weighted by molar-refractivity contribution is -0.116. The summed E-state index contributed by atoms with van der Waals surface area (Å²) in [5.41, 5.74) is 6.60. The van der Waals surface area contributed by atoms with Crippen LogP contribution in [0.25, 0.3) is 0 Å². The number of amides is 1. The van der Waals surface area contributed by atoms with Crippen molar-refractivity contribution in [3.8, 4) is 0 Å². The number of anilines is 2. The number of aromatic nitrogens is 2. The number of benzene rings is 1. The zero-order valence-corrected chi connectivity index (χ0v) is 10.5. The second-order valence-corrected chi connectivity index (χ2v) is 4.12. The summed E-state index contributed by atoms with van der Waals surface area (Å²) < 4.78 is 1.44. The number of hydrogen-bond acceptors (Lipinski definition) is 4. The molecule has 1 aromatic carbocycles. The molecule has 0 atom stereocenters. The lowest BCUT2D eigenvalue weighted by atomic mass is 10.1. The number of carbonyl (C=O) groups is 2. The van der Waals surface area contributed by atoms with Crippen molar-refractivity contribution in [2.24, 2.45) is 0 Å². The summed E-state index contributed by atoms with van der Waals surface area (Å²) in [4.78, 5) is 23.0. The van der Waals surface area contributed by atoms with Crippen molar-refractivity contribution in [1.29, 1.82) is 0 Å². The van der Waals surface area contributed by atoms with E-state index in [2.05, 4.69) is 10.4 Å². The van der Waals surface area contributed by atoms with Crippen molar-refractivity contribution in [1.82, 2.24) is 9.78 Å². The van der Waals surface area contributed by atoms with E-state index in [1.807, 2.05) is 0 Å². The Hall–Kier alpha value is -2.63. The summed E-state index contributed by atoms with van der Waals surface area (Å²) in [7, 11) is 0. The minimum atomic E-state index is -0.233. The zero-order valence-electron chi connectivity index (χ0n) is 10.5. The van der Waals surface area contributed by atoms with E-state index in [9.17, 15) is 9.59 Å². The maximum absolute atomic E-state index is 11.8. The first-order chi connectivity index (χ1) is 9.04. The van der Waals surface area contributed by atoms with Crippen LogP contribution in [0.4, 0.5) is 11.5 Å². The minimum absolute atomic E-state index is 0.0454. The van der Waals surface area contributed by atoms with Crippen LogP contribution in [0.5, 0.6) is 0 Å². The van der Waals surface area contributed by atoms with Gasteiger partial charge in [0, 0.05) is 17.4 Å². The average Bonchev–Trinajstić information content (AvgIpc) is 2.74. The molecule has 19 heavy (non-hydrogen) atoms. The Morgan fingerprint density at radius 3 is 2.79 bits per heavy atom. The highest BCUT2D eigenvalue weighted by molar-refractivity contribution is 5.97. The predicted molar refractivity (Wildman–Crippen MR) is 71.7 cm³/mol. The molecule has 0 bridgehead atoms. The molecule has 0 saturated heterocycles. The molecule has 6 heteroatoms. The lowest BCUT2D eigenvalue weighted by Crippen LogP contribution is -2.19. The highest BCUT2D eigenvalue weighted by Gasteiger charge is 2.06. The van der Waals surface area contributed by atoms with E-state index in [1.165, 1.54) is 11.6 Å². The molecule has 0 aliphatic rings. The maximum atomic E-state index is 11.8. The van der Waals surface area contributed by atoms with E-state index < -0.39 is 0 Å². The molecule has 2 rings (SSSR count). The van der Waals surface area contributed by atoms with Gasteiger partial charge < -0.3 is 11.1 Å². The van der Waals surface area contributed by atoms with E-state index >= 15 is 0 Å². The standard InChI is InChI=1S/C13H14N4O2/c1-9(18)10-3-2-4-11(7-10)15-13(19)8-17-6-5-12(14)16-17/h2-7H,8H2,1H3,(H2,14,16)(H,15,19). The molecule has 0 radical (unpaired) electrons. The SMILES string of the molecule is CC(=O)c1cccc(NC(=O)Cn2ccc(N)n2)c1. The molecule has 1 amide bonds. The molecule has 6 nitrogen and oxygen atoms in total. The van der Waals surface area contributed by atoms with E-state index in [4.69, 9.17) is 5.73 Å². The first-order valence-electron chi connectivity index (χ1n) is 5.74. The third-order valence-electron chi connectivity index (χ3n) is 2.52. The van der Waals surface area contributed by atoms with Crippen molar-refractivity contribution < 1.29 is 9.59 Å². The quantitative estimate of drug-likeness (QED) is 0.809. The fraction of sp³-hybridized carbons (Fsp3) is 0.154. The van der Waals surface area contributed by atoms with Gasteiger partial charge in [-0.3, -0.25) is 14.3 Å². The molecule has 0 spiro atoms. The Morgan fingerprint density at radius 2 is 2.16 bits per heavy atom. The molecule has 0 fully saturated rings. The van der Waals surface area contributed by atoms with Crippen LogP contribution in [0.15, 0.2) is 36.5 Å². The molecule has 3 N–H and O–H groups in total. The van der Waals surface area contributed by atoms with Crippen LogP contribution in [0, 0.1) is 0 Å². The number of Topliss-reactive ketones (excluding diaryl/α,β-unsaturated/α-hetero) is 1. The van der Waals surface area contributed by atoms with Crippen molar-refractivity contribution >= 4 is 23.2 Å². The van der Waals surface area contributed by atoms with Crippen molar-refractivity contribution in [3.63, 3.8) is 0 Å². The average molecular weight is 258 g/mol. The highest BCUT2D eigenvalue weighted by atomic mass is 16.2. The smallest absolute Gasteiger partial charge is 0.246 e. The summed E-state index contributed by atoms with van der Waals surface area (Å²) in [6.07, 6.45) is 1.63. The maximum Gasteiger partial charge on any atom is 0.246 e. The van der Waals surface area contributed by atoms with E-state index in [-0.39, 0.29) is 18.2 Å². The van der Waals surface area contributed by atoms with Crippen LogP contribution in [0.2, 0.25) is 0 Å². The Kier molecular flexibility index (Phi) is 3.61. The van der Waals surface area contributed by atoms with Gasteiger partial charge in [-0.05, 0) is 25.1 Å². The Balaban J connectivity index is 2.02. The van der Waals surface area contributed by atoms with Crippen LogP contribution in [0.1, 0.15) is 17.3 Å². The molecular weight excluding hydrogens is 244 g/mol. The number of hydrogen-bond donors (Lipinski definition) is 2. The molecule has 0 saturated carbocycles. The number of nitrogens with two attached hydrogens (primary N) is 1. The van der Waals surface area contributed by atoms with Crippen molar-refractivity contribution in [2.45, 2.75) is 13.5 Å². The lowest BCUT2D eigenvalue weighted by Gasteiger charge is -2.06. The Labute approximate surface area is 110 Å². The molecule has 0 aliphatic heterocycles. The number of carbonyl (C=O) groups excluding carboxylic acids is 2. The molecule has 98 valence electrons. The van der Waals surface area contributed by atoms with Gasteiger partial charge in [0.15, 0.2) is 5.78 Å². The molecule has 0 aliphatic carbocycles. The monoisotopic (exact) mass is 258 g/mol. The summed E-state index contributed by atoms with van der Waals surface area (Å²) in [5.74, 6) is 0.0890. The third kappa shape index (κ3) is 3.41. The van der Waals surface area contributed by atoms with Crippen LogP contribution in [-0.2, 0) is 11.3 Å². The topological polar surface area (TPSA) is 90.0 Å². The van der Waals surface area contributed by atoms with Gasteiger partial charge in [0.05, 0.1) is 0 Å². The predicted octanol–water partition coefficient (Wildman–Crippen LogP) is 1.31. The first kappa shape index (κ1) is 12.8. The van der Waals surface area contributed by atoms with Crippen LogP contribution < -0.4 is 11.1 Å². The number of nitrogens with one attached hydrogen (secondary N) is 1. The zero-order chi connectivity index (χ0) is 13.8. The summed E-state index contributed by atoms with van der Waals surface area (Å²) in [5, 5.41) is 6.62. The van der Waals surface area contributed by atoms with E-state index in [0.29, 0.717) is 17.1 Å². The van der Waals surface area contributed by atoms with Gasteiger partial charge in [-0.25, -0.2) is 0 Å². The van der Waals surface area contributed by atoms with Crippen LogP contribution in [-0.4, -0.2) is 21.5 Å². The Morgan fingerprint density at radius 1 is 1.37 bits per heavy atom. The van der Waals surface area contributed by atoms with Crippen molar-refractivity contribution in [3.05, 3.63) is 42.1 Å². The molecule has 1 aromatic heterocycles. The summed E-state index contributed by atoms with van der Waals surface area (Å²) in [6, 6.07) is 8.40. The van der Waals surface area contributed by atoms with Gasteiger partial charge >= 0.3 is 0 Å². The summed E-state index contributed by atoms with van der Waals surface area (Å²) in [6.45, 7) is 1.55. The van der Waals surface area contributed by atoms with Gasteiger partial charge in [0.1, 0.15) is 12.4 Å². The summed E-state index contributed by atoms with van der Waals surface area (Å²) >= 11 is 0. The fourth-order valence-corrected chi connectivity index (χ4v) is 1.63. The number of ketones is 1. The first-order valence-corrected chi connectivity index (χ1v) is 5.74. The van der Waals surface area contributed by atoms with E-state index in [1.54, 1.807) is 36.5 Å². The van der Waals surface area contributed by atoms with Crippen molar-refractivity contribution in [2.75, 3.05) is 11.1 Å². The minimum Gasteiger partial charge on any atom is -0.382 e. The molecule has 2 aromatic rings. The number of rotatable bonds is 4. The van der Waals surface area contributed by atoms with Gasteiger partial charge in [0.25, 0.3) is 0 Å². The number of nitrogens with zero attached hydrogens (tertiary/aromatic N) is 2. The number of nitrogen functional groups attached to an aromatic ring is 1. The second-order valence-electron chi connectivity index (χ2n) is 4.12. The Bertz CT molecular complexity index is 619. The van der Waals surface area contributed by atoms with Crippen LogP contribution in [0.3, 0.4) is 0 Å². The van der Waals surface area contributed by atoms with Gasteiger partial charge in [-0.1, -0.05) is 12.1 Å². The third-order valence-corrected chi connectivity index (χ3v) is 2.52. The highest BCUT2D eigenvalue weighted by Crippen LogP contribution is 2.11. The van der Waals surface area contributed by atoms with E-state index in [0.717, 1.165) is 0 Å². The molecule has 0 unspecified atom stereocenters. The van der Waals surface area contributed by atoms with Gasteiger partial charge in [-0.15, -0.1) is 0 Å². The molecule has 1 heterocycles.